The molecule has 2 aromatic rings. The van der Waals surface area contributed by atoms with Crippen molar-refractivity contribution in [3.05, 3.63) is 58.6 Å². The second kappa shape index (κ2) is 8.30. The van der Waals surface area contributed by atoms with Gasteiger partial charge in [-0.3, -0.25) is 9.59 Å². The summed E-state index contributed by atoms with van der Waals surface area (Å²) in [5, 5.41) is 16.8. The van der Waals surface area contributed by atoms with Crippen LogP contribution in [0.25, 0.3) is 0 Å². The number of nitrogens with zero attached hydrogens (tertiary/aromatic N) is 1. The van der Waals surface area contributed by atoms with E-state index in [0.29, 0.717) is 16.4 Å². The van der Waals surface area contributed by atoms with Crippen molar-refractivity contribution >= 4 is 34.8 Å². The second-order valence-electron chi connectivity index (χ2n) is 5.44. The van der Waals surface area contributed by atoms with Crippen LogP contribution in [0.3, 0.4) is 0 Å². The molecule has 0 aliphatic heterocycles. The summed E-state index contributed by atoms with van der Waals surface area (Å²) in [6.45, 7) is 3.43. The van der Waals surface area contributed by atoms with E-state index in [-0.39, 0.29) is 23.6 Å². The first-order chi connectivity index (χ1) is 11.9. The summed E-state index contributed by atoms with van der Waals surface area (Å²) in [7, 11) is 0. The minimum Gasteiger partial charge on any atom is -0.507 e. The Hall–Kier alpha value is -2.86. The molecule has 0 aliphatic rings. The number of hydrogen-bond donors (Lipinski definition) is 3. The van der Waals surface area contributed by atoms with Crippen LogP contribution >= 0.6 is 11.6 Å². The third kappa shape index (κ3) is 5.06. The van der Waals surface area contributed by atoms with E-state index in [0.717, 1.165) is 5.56 Å². The van der Waals surface area contributed by atoms with Crippen molar-refractivity contribution < 1.29 is 14.7 Å². The van der Waals surface area contributed by atoms with Crippen LogP contribution in [0, 0.1) is 6.92 Å². The smallest absolute Gasteiger partial charge is 0.275 e. The van der Waals surface area contributed by atoms with Crippen LogP contribution in [-0.2, 0) is 4.79 Å². The van der Waals surface area contributed by atoms with Gasteiger partial charge in [0.2, 0.25) is 5.91 Å². The highest BCUT2D eigenvalue weighted by Crippen LogP contribution is 2.23. The molecular weight excluding hydrogens is 342 g/mol. The summed E-state index contributed by atoms with van der Waals surface area (Å²) in [6.07, 6.45) is 0.00695. The van der Waals surface area contributed by atoms with Crippen molar-refractivity contribution in [2.45, 2.75) is 20.3 Å². The van der Waals surface area contributed by atoms with E-state index in [1.165, 1.54) is 12.1 Å². The van der Waals surface area contributed by atoms with Gasteiger partial charge in [-0.25, -0.2) is 5.43 Å². The molecule has 0 radical (unpaired) electrons. The Morgan fingerprint density at radius 3 is 2.60 bits per heavy atom. The average Bonchev–Trinajstić information content (AvgIpc) is 2.57. The van der Waals surface area contributed by atoms with E-state index in [1.54, 1.807) is 37.3 Å². The molecule has 3 N–H and O–H groups in total. The third-order valence-corrected chi connectivity index (χ3v) is 3.86. The standard InChI is InChI=1S/C18H18ClN3O3/c1-11(21-22-18(25)13-6-3-4-9-16(13)23)10-17(24)20-15-8-5-7-14(19)12(15)2/h3-9,23H,10H2,1-2H3,(H,20,24)(H,22,25). The van der Waals surface area contributed by atoms with Gasteiger partial charge in [-0.2, -0.15) is 5.10 Å². The Morgan fingerprint density at radius 1 is 1.16 bits per heavy atom. The number of para-hydroxylation sites is 1. The molecule has 2 aromatic carbocycles. The Labute approximate surface area is 150 Å². The van der Waals surface area contributed by atoms with Gasteiger partial charge in [0.05, 0.1) is 12.0 Å². The van der Waals surface area contributed by atoms with Gasteiger partial charge >= 0.3 is 0 Å². The quantitative estimate of drug-likeness (QED) is 0.563. The molecule has 7 heteroatoms. The molecule has 0 spiro atoms. The van der Waals surface area contributed by atoms with E-state index in [2.05, 4.69) is 15.8 Å². The van der Waals surface area contributed by atoms with Crippen molar-refractivity contribution in [3.8, 4) is 5.75 Å². The van der Waals surface area contributed by atoms with Gasteiger partial charge in [-0.05, 0) is 43.7 Å². The van der Waals surface area contributed by atoms with E-state index in [4.69, 9.17) is 11.6 Å². The zero-order valence-corrected chi connectivity index (χ0v) is 14.6. The number of phenolic OH excluding ortho intramolecular Hbond substituents is 1. The molecule has 0 heterocycles. The third-order valence-electron chi connectivity index (χ3n) is 3.46. The molecule has 2 amide bonds. The predicted octanol–water partition coefficient (Wildman–Crippen LogP) is 3.49. The van der Waals surface area contributed by atoms with Gasteiger partial charge in [0.15, 0.2) is 0 Å². The zero-order chi connectivity index (χ0) is 18.4. The molecule has 0 saturated heterocycles. The van der Waals surface area contributed by atoms with E-state index < -0.39 is 5.91 Å². The number of phenols is 1. The Bertz CT molecular complexity index is 834. The Balaban J connectivity index is 1.94. The normalized spacial score (nSPS) is 11.1. The Kier molecular flexibility index (Phi) is 6.14. The summed E-state index contributed by atoms with van der Waals surface area (Å²) in [5.74, 6) is -0.964. The summed E-state index contributed by atoms with van der Waals surface area (Å²) in [6, 6.07) is 11.4. The number of aromatic hydroxyl groups is 1. The first-order valence-corrected chi connectivity index (χ1v) is 7.92. The molecule has 25 heavy (non-hydrogen) atoms. The summed E-state index contributed by atoms with van der Waals surface area (Å²) in [4.78, 5) is 24.0. The topological polar surface area (TPSA) is 90.8 Å². The Morgan fingerprint density at radius 2 is 1.88 bits per heavy atom. The first kappa shape index (κ1) is 18.5. The van der Waals surface area contributed by atoms with Crippen molar-refractivity contribution in [1.29, 1.82) is 0 Å². The van der Waals surface area contributed by atoms with Crippen molar-refractivity contribution in [2.75, 3.05) is 5.32 Å². The van der Waals surface area contributed by atoms with Gasteiger partial charge in [0.1, 0.15) is 5.75 Å². The number of anilines is 1. The van der Waals surface area contributed by atoms with Crippen LogP contribution in [0.4, 0.5) is 5.69 Å². The van der Waals surface area contributed by atoms with Gasteiger partial charge in [-0.15, -0.1) is 0 Å². The molecule has 0 unspecified atom stereocenters. The van der Waals surface area contributed by atoms with Crippen molar-refractivity contribution in [3.63, 3.8) is 0 Å². The fourth-order valence-corrected chi connectivity index (χ4v) is 2.26. The van der Waals surface area contributed by atoms with Gasteiger partial charge in [0, 0.05) is 16.4 Å². The number of halogens is 1. The highest BCUT2D eigenvalue weighted by Gasteiger charge is 2.11. The maximum absolute atomic E-state index is 12.1. The summed E-state index contributed by atoms with van der Waals surface area (Å²) < 4.78 is 0. The molecule has 2 rings (SSSR count). The largest absolute Gasteiger partial charge is 0.507 e. The number of nitrogens with one attached hydrogen (secondary N) is 2. The lowest BCUT2D eigenvalue weighted by molar-refractivity contribution is -0.115. The summed E-state index contributed by atoms with van der Waals surface area (Å²) >= 11 is 6.02. The monoisotopic (exact) mass is 359 g/mol. The number of hydrogen-bond acceptors (Lipinski definition) is 4. The number of amides is 2. The lowest BCUT2D eigenvalue weighted by atomic mass is 10.2. The summed E-state index contributed by atoms with van der Waals surface area (Å²) in [5.41, 5.74) is 4.25. The molecule has 6 nitrogen and oxygen atoms in total. The zero-order valence-electron chi connectivity index (χ0n) is 13.8. The van der Waals surface area contributed by atoms with Crippen LogP contribution in [0.2, 0.25) is 5.02 Å². The maximum Gasteiger partial charge on any atom is 0.275 e. The lowest BCUT2D eigenvalue weighted by Crippen LogP contribution is -2.21. The van der Waals surface area contributed by atoms with E-state index >= 15 is 0 Å². The number of carbonyl (C=O) groups is 2. The minimum atomic E-state index is -0.552. The van der Waals surface area contributed by atoms with Crippen LogP contribution in [0.15, 0.2) is 47.6 Å². The maximum atomic E-state index is 12.1. The lowest BCUT2D eigenvalue weighted by Gasteiger charge is -2.09. The van der Waals surface area contributed by atoms with Gasteiger partial charge < -0.3 is 10.4 Å². The van der Waals surface area contributed by atoms with Crippen LogP contribution in [0.5, 0.6) is 5.75 Å². The predicted molar refractivity (Wildman–Crippen MR) is 98.1 cm³/mol. The molecular formula is C18H18ClN3O3. The number of carbonyl (C=O) groups excluding carboxylic acids is 2. The van der Waals surface area contributed by atoms with Crippen molar-refractivity contribution in [2.24, 2.45) is 5.10 Å². The van der Waals surface area contributed by atoms with Crippen LogP contribution in [0.1, 0.15) is 29.3 Å². The molecule has 0 bridgehead atoms. The number of benzene rings is 2. The SMILES string of the molecule is CC(CC(=O)Nc1cccc(Cl)c1C)=NNC(=O)c1ccccc1O. The van der Waals surface area contributed by atoms with Crippen molar-refractivity contribution in [1.82, 2.24) is 5.43 Å². The van der Waals surface area contributed by atoms with Gasteiger partial charge in [-0.1, -0.05) is 29.8 Å². The molecule has 130 valence electrons. The highest BCUT2D eigenvalue weighted by atomic mass is 35.5. The average molecular weight is 360 g/mol. The number of rotatable bonds is 5. The second-order valence-corrected chi connectivity index (χ2v) is 5.85. The molecule has 0 atom stereocenters. The first-order valence-electron chi connectivity index (χ1n) is 7.55. The molecule has 0 aromatic heterocycles. The molecule has 0 fully saturated rings. The van der Waals surface area contributed by atoms with E-state index in [1.807, 2.05) is 6.92 Å². The number of hydrazone groups is 1. The molecule has 0 saturated carbocycles. The van der Waals surface area contributed by atoms with Crippen LogP contribution < -0.4 is 10.7 Å². The fraction of sp³-hybridized carbons (Fsp3) is 0.167. The highest BCUT2D eigenvalue weighted by molar-refractivity contribution is 6.31. The van der Waals surface area contributed by atoms with Gasteiger partial charge in [0.25, 0.3) is 5.91 Å². The fourth-order valence-electron chi connectivity index (χ4n) is 2.08. The van der Waals surface area contributed by atoms with E-state index in [9.17, 15) is 14.7 Å². The van der Waals surface area contributed by atoms with Crippen LogP contribution in [-0.4, -0.2) is 22.6 Å². The minimum absolute atomic E-state index is 0.00695. The molecule has 0 aliphatic carbocycles.